The highest BCUT2D eigenvalue weighted by atomic mass is 16.5. The Balaban J connectivity index is 1.86. The first-order valence-electron chi connectivity index (χ1n) is 7.21. The molecule has 1 heterocycles. The molecule has 0 saturated carbocycles. The number of nitrogens with two attached hydrogens (primary N) is 1. The lowest BCUT2D eigenvalue weighted by Gasteiger charge is -2.06. The molecule has 3 rings (SSSR count). The van der Waals surface area contributed by atoms with Gasteiger partial charge in [-0.1, -0.05) is 24.3 Å². The molecule has 0 amide bonds. The molecule has 0 atom stereocenters. The quantitative estimate of drug-likeness (QED) is 0.704. The van der Waals surface area contributed by atoms with E-state index in [4.69, 9.17) is 10.2 Å². The van der Waals surface area contributed by atoms with Gasteiger partial charge in [0.15, 0.2) is 5.58 Å². The van der Waals surface area contributed by atoms with E-state index in [1.165, 1.54) is 7.11 Å². The number of hydrogen-bond donors (Lipinski definition) is 2. The third kappa shape index (κ3) is 3.32. The summed E-state index contributed by atoms with van der Waals surface area (Å²) in [6.45, 7) is 0.423. The molecule has 0 radical (unpaired) electrons. The first-order valence-corrected chi connectivity index (χ1v) is 7.21. The zero-order valence-electron chi connectivity index (χ0n) is 12.7. The second kappa shape index (κ2) is 6.50. The third-order valence-electron chi connectivity index (χ3n) is 3.51. The van der Waals surface area contributed by atoms with Gasteiger partial charge in [-0.15, -0.1) is 0 Å². The summed E-state index contributed by atoms with van der Waals surface area (Å²) < 4.78 is 10.4. The highest BCUT2D eigenvalue weighted by Gasteiger charge is 2.10. The van der Waals surface area contributed by atoms with Crippen LogP contribution in [0.25, 0.3) is 11.1 Å². The van der Waals surface area contributed by atoms with Gasteiger partial charge in [-0.25, -0.2) is 0 Å². The molecule has 0 spiro atoms. The number of oxazole rings is 1. The third-order valence-corrected chi connectivity index (χ3v) is 3.51. The lowest BCUT2D eigenvalue weighted by molar-refractivity contribution is -0.139. The molecule has 118 valence electrons. The molecule has 2 aromatic carbocycles. The van der Waals surface area contributed by atoms with Crippen molar-refractivity contribution in [3.63, 3.8) is 0 Å². The van der Waals surface area contributed by atoms with Crippen molar-refractivity contribution in [3.05, 3.63) is 53.6 Å². The maximum absolute atomic E-state index is 11.3. The molecule has 0 fully saturated rings. The number of esters is 1. The predicted octanol–water partition coefficient (Wildman–Crippen LogP) is 2.75. The Kier molecular flexibility index (Phi) is 4.25. The molecule has 0 unspecified atom stereocenters. The number of hydrogen-bond acceptors (Lipinski definition) is 6. The summed E-state index contributed by atoms with van der Waals surface area (Å²) in [5.41, 5.74) is 9.69. The summed E-state index contributed by atoms with van der Waals surface area (Å²) in [6.07, 6.45) is 0.200. The van der Waals surface area contributed by atoms with Gasteiger partial charge in [-0.3, -0.25) is 4.79 Å². The van der Waals surface area contributed by atoms with Crippen LogP contribution in [-0.2, 0) is 22.5 Å². The first kappa shape index (κ1) is 15.1. The highest BCUT2D eigenvalue weighted by molar-refractivity contribution is 5.79. The number of ether oxygens (including phenoxy) is 1. The molecule has 3 N–H and O–H groups in total. The van der Waals surface area contributed by atoms with E-state index in [1.807, 2.05) is 36.4 Å². The fourth-order valence-corrected chi connectivity index (χ4v) is 2.31. The number of para-hydroxylation sites is 1. The lowest BCUT2D eigenvalue weighted by Crippen LogP contribution is -2.03. The molecule has 3 aromatic rings. The van der Waals surface area contributed by atoms with Crippen LogP contribution in [0.4, 0.5) is 11.7 Å². The van der Waals surface area contributed by atoms with Crippen LogP contribution in [0.1, 0.15) is 11.1 Å². The predicted molar refractivity (Wildman–Crippen MR) is 87.3 cm³/mol. The average molecular weight is 311 g/mol. The van der Waals surface area contributed by atoms with Crippen molar-refractivity contribution in [2.75, 3.05) is 12.4 Å². The minimum atomic E-state index is -0.293. The van der Waals surface area contributed by atoms with Crippen LogP contribution in [0.3, 0.4) is 0 Å². The van der Waals surface area contributed by atoms with Crippen molar-refractivity contribution in [2.24, 2.45) is 5.73 Å². The van der Waals surface area contributed by atoms with Crippen LogP contribution in [0.5, 0.6) is 0 Å². The smallest absolute Gasteiger partial charge is 0.309 e. The topological polar surface area (TPSA) is 90.4 Å². The summed E-state index contributed by atoms with van der Waals surface area (Å²) in [7, 11) is 1.37. The molecule has 0 aliphatic heterocycles. The van der Waals surface area contributed by atoms with Crippen molar-refractivity contribution in [3.8, 4) is 0 Å². The van der Waals surface area contributed by atoms with E-state index in [2.05, 4.69) is 15.0 Å². The monoisotopic (exact) mass is 311 g/mol. The van der Waals surface area contributed by atoms with Crippen LogP contribution >= 0.6 is 0 Å². The highest BCUT2D eigenvalue weighted by Crippen LogP contribution is 2.25. The summed E-state index contributed by atoms with van der Waals surface area (Å²) in [5, 5.41) is 3.13. The number of rotatable bonds is 5. The number of methoxy groups -OCH3 is 1. The Hall–Kier alpha value is -2.86. The van der Waals surface area contributed by atoms with Crippen molar-refractivity contribution >= 4 is 28.8 Å². The summed E-state index contributed by atoms with van der Waals surface area (Å²) in [5.74, 6) is -0.293. The summed E-state index contributed by atoms with van der Waals surface area (Å²) in [6, 6.07) is 13.5. The molecule has 0 saturated heterocycles. The number of anilines is 2. The van der Waals surface area contributed by atoms with Gasteiger partial charge in [0.25, 0.3) is 6.01 Å². The van der Waals surface area contributed by atoms with Gasteiger partial charge in [-0.05, 0) is 29.3 Å². The first-order chi connectivity index (χ1) is 11.2. The van der Waals surface area contributed by atoms with Crippen molar-refractivity contribution < 1.29 is 13.9 Å². The molecule has 0 aliphatic carbocycles. The largest absolute Gasteiger partial charge is 0.469 e. The maximum Gasteiger partial charge on any atom is 0.309 e. The van der Waals surface area contributed by atoms with E-state index in [0.717, 1.165) is 16.8 Å². The van der Waals surface area contributed by atoms with Crippen LogP contribution in [-0.4, -0.2) is 18.1 Å². The number of nitrogens with one attached hydrogen (secondary N) is 1. The Morgan fingerprint density at radius 2 is 2.13 bits per heavy atom. The van der Waals surface area contributed by atoms with Crippen molar-refractivity contribution in [2.45, 2.75) is 13.0 Å². The molecular weight excluding hydrogens is 294 g/mol. The van der Waals surface area contributed by atoms with Crippen LogP contribution < -0.4 is 11.1 Å². The molecule has 6 heteroatoms. The number of fused-ring (bicyclic) bond motifs is 1. The van der Waals surface area contributed by atoms with E-state index in [0.29, 0.717) is 23.7 Å². The fraction of sp³-hybridized carbons (Fsp3) is 0.176. The van der Waals surface area contributed by atoms with E-state index in [1.54, 1.807) is 6.07 Å². The van der Waals surface area contributed by atoms with E-state index in [-0.39, 0.29) is 12.4 Å². The average Bonchev–Trinajstić information content (AvgIpc) is 2.96. The normalized spacial score (nSPS) is 10.7. The Labute approximate surface area is 133 Å². The zero-order chi connectivity index (χ0) is 16.2. The van der Waals surface area contributed by atoms with Crippen molar-refractivity contribution in [1.82, 2.24) is 4.98 Å². The van der Waals surface area contributed by atoms with Crippen molar-refractivity contribution in [1.29, 1.82) is 0 Å². The van der Waals surface area contributed by atoms with Gasteiger partial charge >= 0.3 is 5.97 Å². The number of nitrogens with zero attached hydrogens (tertiary/aromatic N) is 1. The minimum absolute atomic E-state index is 0.200. The van der Waals surface area contributed by atoms with Gasteiger partial charge in [0.2, 0.25) is 0 Å². The van der Waals surface area contributed by atoms with E-state index in [9.17, 15) is 4.79 Å². The second-order valence-electron chi connectivity index (χ2n) is 5.06. The van der Waals surface area contributed by atoms with Gasteiger partial charge in [0.05, 0.1) is 13.5 Å². The molecule has 1 aromatic heterocycles. The molecule has 0 aliphatic rings. The van der Waals surface area contributed by atoms with Crippen LogP contribution in [0, 0.1) is 0 Å². The maximum atomic E-state index is 11.3. The number of aromatic nitrogens is 1. The molecular formula is C17H17N3O3. The fourth-order valence-electron chi connectivity index (χ4n) is 2.31. The van der Waals surface area contributed by atoms with Crippen LogP contribution in [0.2, 0.25) is 0 Å². The van der Waals surface area contributed by atoms with Gasteiger partial charge in [0.1, 0.15) is 5.52 Å². The van der Waals surface area contributed by atoms with Gasteiger partial charge < -0.3 is 20.2 Å². The summed E-state index contributed by atoms with van der Waals surface area (Å²) >= 11 is 0. The summed E-state index contributed by atoms with van der Waals surface area (Å²) in [4.78, 5) is 15.7. The molecule has 0 bridgehead atoms. The Bertz CT molecular complexity index is 842. The Morgan fingerprint density at radius 1 is 1.30 bits per heavy atom. The minimum Gasteiger partial charge on any atom is -0.469 e. The van der Waals surface area contributed by atoms with Crippen LogP contribution in [0.15, 0.2) is 46.9 Å². The number of benzene rings is 2. The standard InChI is InChI=1S/C17H17N3O3/c1-22-16(21)9-11-6-7-14-15(8-11)23-17(20-14)19-13-5-3-2-4-12(13)10-18/h2-8H,9-10,18H2,1H3,(H,19,20). The lowest BCUT2D eigenvalue weighted by atomic mass is 10.1. The SMILES string of the molecule is COC(=O)Cc1ccc2nc(Nc3ccccc3CN)oc2c1. The zero-order valence-corrected chi connectivity index (χ0v) is 12.7. The van der Waals surface area contributed by atoms with Gasteiger partial charge in [-0.2, -0.15) is 4.98 Å². The van der Waals surface area contributed by atoms with E-state index >= 15 is 0 Å². The molecule has 6 nitrogen and oxygen atoms in total. The number of carbonyl (C=O) groups excluding carboxylic acids is 1. The Morgan fingerprint density at radius 3 is 2.91 bits per heavy atom. The molecule has 23 heavy (non-hydrogen) atoms. The second-order valence-corrected chi connectivity index (χ2v) is 5.06. The van der Waals surface area contributed by atoms with Gasteiger partial charge in [0, 0.05) is 12.2 Å². The van der Waals surface area contributed by atoms with E-state index < -0.39 is 0 Å². The number of carbonyl (C=O) groups is 1.